The molecule has 1 atom stereocenters. The number of nitrogens with zero attached hydrogens (tertiary/aromatic N) is 1. The van der Waals surface area contributed by atoms with Crippen molar-refractivity contribution >= 4 is 12.1 Å². The van der Waals surface area contributed by atoms with Crippen molar-refractivity contribution in [2.24, 2.45) is 0 Å². The fourth-order valence-corrected chi connectivity index (χ4v) is 3.37. The van der Waals surface area contributed by atoms with Gasteiger partial charge in [-0.3, -0.25) is 4.79 Å². The molecule has 0 spiro atoms. The number of esters is 1. The number of benzene rings is 1. The highest BCUT2D eigenvalue weighted by Crippen LogP contribution is 2.42. The average Bonchev–Trinajstić information content (AvgIpc) is 3.19. The number of aromatic nitrogens is 1. The predicted octanol–water partition coefficient (Wildman–Crippen LogP) is 5.38. The topological polar surface area (TPSA) is 111 Å². The summed E-state index contributed by atoms with van der Waals surface area (Å²) in [6, 6.07) is 5.57. The molecule has 0 aliphatic rings. The zero-order valence-electron chi connectivity index (χ0n) is 20.9. The SMILES string of the molecule is CCOC(=O)CNC(=O)OC(CC)c1cc(-c2cc(C(C)(C)C)c(O)c(C(C)(C)C)c2)no1. The van der Waals surface area contributed by atoms with Gasteiger partial charge in [-0.2, -0.15) is 0 Å². The minimum atomic E-state index is -0.748. The molecule has 2 aromatic rings. The molecule has 0 aliphatic carbocycles. The number of carbonyl (C=O) groups is 2. The molecule has 1 aromatic heterocycles. The molecular formula is C25H36N2O6. The maximum Gasteiger partial charge on any atom is 0.408 e. The van der Waals surface area contributed by atoms with Gasteiger partial charge in [0.05, 0.1) is 6.61 Å². The molecule has 2 rings (SSSR count). The molecule has 8 heteroatoms. The van der Waals surface area contributed by atoms with E-state index in [1.807, 2.05) is 60.6 Å². The largest absolute Gasteiger partial charge is 0.507 e. The van der Waals surface area contributed by atoms with E-state index in [1.165, 1.54) is 0 Å². The van der Waals surface area contributed by atoms with Gasteiger partial charge in [-0.1, -0.05) is 53.6 Å². The number of carbonyl (C=O) groups excluding carboxylic acids is 2. The van der Waals surface area contributed by atoms with Crippen molar-refractivity contribution in [3.05, 3.63) is 35.1 Å². The first-order valence-corrected chi connectivity index (χ1v) is 11.2. The first-order chi connectivity index (χ1) is 15.3. The van der Waals surface area contributed by atoms with Gasteiger partial charge in [-0.05, 0) is 36.3 Å². The Morgan fingerprint density at radius 2 is 1.64 bits per heavy atom. The van der Waals surface area contributed by atoms with Crippen LogP contribution in [0.15, 0.2) is 22.7 Å². The van der Waals surface area contributed by atoms with Gasteiger partial charge >= 0.3 is 12.1 Å². The first-order valence-electron chi connectivity index (χ1n) is 11.2. The van der Waals surface area contributed by atoms with Gasteiger partial charge in [0.2, 0.25) is 0 Å². The van der Waals surface area contributed by atoms with Crippen molar-refractivity contribution in [2.45, 2.75) is 78.7 Å². The standard InChI is InChI=1S/C25H36N2O6/c1-9-19(32-23(30)26-14-21(28)31-10-2)20-13-18(27-33-20)15-11-16(24(3,4)5)22(29)17(12-15)25(6,7)8/h11-13,19,29H,9-10,14H2,1-8H3,(H,26,30). The fourth-order valence-electron chi connectivity index (χ4n) is 3.37. The second-order valence-electron chi connectivity index (χ2n) is 10.00. The first kappa shape index (κ1) is 26.2. The highest BCUT2D eigenvalue weighted by molar-refractivity contribution is 5.78. The van der Waals surface area contributed by atoms with Crippen LogP contribution in [-0.4, -0.2) is 35.5 Å². The molecule has 0 radical (unpaired) electrons. The summed E-state index contributed by atoms with van der Waals surface area (Å²) in [6.07, 6.45) is -0.963. The summed E-state index contributed by atoms with van der Waals surface area (Å²) in [5, 5.41) is 17.5. The van der Waals surface area contributed by atoms with Crippen LogP contribution in [0.2, 0.25) is 0 Å². The van der Waals surface area contributed by atoms with Crippen LogP contribution in [0.4, 0.5) is 4.79 Å². The molecule has 1 heterocycles. The van der Waals surface area contributed by atoms with Crippen molar-refractivity contribution in [1.82, 2.24) is 10.5 Å². The Hall–Kier alpha value is -3.03. The van der Waals surface area contributed by atoms with Gasteiger partial charge in [0.25, 0.3) is 0 Å². The minimum absolute atomic E-state index is 0.235. The zero-order chi connectivity index (χ0) is 25.0. The third kappa shape index (κ3) is 6.73. The van der Waals surface area contributed by atoms with Gasteiger partial charge in [0.1, 0.15) is 18.0 Å². The maximum absolute atomic E-state index is 12.1. The number of hydrogen-bond donors (Lipinski definition) is 2. The lowest BCUT2D eigenvalue weighted by Gasteiger charge is -2.28. The molecule has 1 unspecified atom stereocenters. The number of ether oxygens (including phenoxy) is 2. The molecule has 1 amide bonds. The molecule has 33 heavy (non-hydrogen) atoms. The van der Waals surface area contributed by atoms with Gasteiger partial charge in [-0.25, -0.2) is 4.79 Å². The van der Waals surface area contributed by atoms with E-state index >= 15 is 0 Å². The van der Waals surface area contributed by atoms with E-state index in [0.29, 0.717) is 17.9 Å². The second-order valence-corrected chi connectivity index (χ2v) is 10.00. The molecule has 1 aromatic carbocycles. The van der Waals surface area contributed by atoms with E-state index in [4.69, 9.17) is 14.0 Å². The van der Waals surface area contributed by atoms with E-state index in [-0.39, 0.29) is 29.7 Å². The van der Waals surface area contributed by atoms with Gasteiger partial charge in [0.15, 0.2) is 11.9 Å². The number of phenolic OH excluding ortho intramolecular Hbond substituents is 1. The smallest absolute Gasteiger partial charge is 0.408 e. The van der Waals surface area contributed by atoms with Crippen LogP contribution in [0.3, 0.4) is 0 Å². The van der Waals surface area contributed by atoms with Gasteiger partial charge < -0.3 is 24.4 Å². The third-order valence-electron chi connectivity index (χ3n) is 5.17. The van der Waals surface area contributed by atoms with Crippen LogP contribution in [-0.2, 0) is 25.1 Å². The maximum atomic E-state index is 12.1. The van der Waals surface area contributed by atoms with E-state index in [9.17, 15) is 14.7 Å². The van der Waals surface area contributed by atoms with Crippen molar-refractivity contribution in [3.8, 4) is 17.0 Å². The molecular weight excluding hydrogens is 424 g/mol. The summed E-state index contributed by atoms with van der Waals surface area (Å²) < 4.78 is 15.7. The van der Waals surface area contributed by atoms with Crippen LogP contribution >= 0.6 is 0 Å². The number of amides is 1. The van der Waals surface area contributed by atoms with Crippen LogP contribution in [0, 0.1) is 0 Å². The van der Waals surface area contributed by atoms with E-state index < -0.39 is 18.2 Å². The number of hydrogen-bond acceptors (Lipinski definition) is 7. The Labute approximate surface area is 195 Å². The molecule has 0 saturated carbocycles. The van der Waals surface area contributed by atoms with Crippen LogP contribution in [0.5, 0.6) is 5.75 Å². The van der Waals surface area contributed by atoms with E-state index in [0.717, 1.165) is 16.7 Å². The van der Waals surface area contributed by atoms with E-state index in [1.54, 1.807) is 13.0 Å². The zero-order valence-corrected chi connectivity index (χ0v) is 20.9. The average molecular weight is 461 g/mol. The Morgan fingerprint density at radius 1 is 1.06 bits per heavy atom. The number of alkyl carbamates (subject to hydrolysis) is 1. The van der Waals surface area contributed by atoms with E-state index in [2.05, 4.69) is 10.5 Å². The lowest BCUT2D eigenvalue weighted by Crippen LogP contribution is -2.32. The summed E-state index contributed by atoms with van der Waals surface area (Å²) in [4.78, 5) is 23.5. The number of rotatable bonds is 7. The molecule has 0 fully saturated rings. The lowest BCUT2D eigenvalue weighted by molar-refractivity contribution is -0.141. The summed E-state index contributed by atoms with van der Waals surface area (Å²) in [6.45, 7) is 15.8. The normalized spacial score (nSPS) is 12.8. The summed E-state index contributed by atoms with van der Waals surface area (Å²) >= 11 is 0. The molecule has 0 bridgehead atoms. The highest BCUT2D eigenvalue weighted by Gasteiger charge is 2.28. The summed E-state index contributed by atoms with van der Waals surface area (Å²) in [5.41, 5.74) is 2.46. The molecule has 8 nitrogen and oxygen atoms in total. The Morgan fingerprint density at radius 3 is 2.12 bits per heavy atom. The van der Waals surface area contributed by atoms with Gasteiger partial charge in [-0.15, -0.1) is 0 Å². The number of nitrogens with one attached hydrogen (secondary N) is 1. The third-order valence-corrected chi connectivity index (χ3v) is 5.17. The Bertz CT molecular complexity index is 947. The monoisotopic (exact) mass is 460 g/mol. The van der Waals surface area contributed by atoms with Crippen molar-refractivity contribution in [3.63, 3.8) is 0 Å². The minimum Gasteiger partial charge on any atom is -0.507 e. The number of phenols is 1. The van der Waals surface area contributed by atoms with Gasteiger partial charge in [0, 0.05) is 22.8 Å². The predicted molar refractivity (Wildman–Crippen MR) is 125 cm³/mol. The van der Waals surface area contributed by atoms with Crippen molar-refractivity contribution in [2.75, 3.05) is 13.2 Å². The molecule has 182 valence electrons. The Kier molecular flexibility index (Phi) is 8.16. The summed E-state index contributed by atoms with van der Waals surface area (Å²) in [7, 11) is 0. The van der Waals surface area contributed by atoms with Crippen molar-refractivity contribution in [1.29, 1.82) is 0 Å². The molecule has 0 saturated heterocycles. The molecule has 0 aliphatic heterocycles. The highest BCUT2D eigenvalue weighted by atomic mass is 16.6. The van der Waals surface area contributed by atoms with Crippen molar-refractivity contribution < 1.29 is 28.7 Å². The van der Waals surface area contributed by atoms with Crippen LogP contribution in [0.25, 0.3) is 11.3 Å². The quantitative estimate of drug-likeness (QED) is 0.533. The second kappa shape index (κ2) is 10.3. The molecule has 2 N–H and O–H groups in total. The Balaban J connectivity index is 2.31. The van der Waals surface area contributed by atoms with Crippen LogP contribution in [0.1, 0.15) is 84.8 Å². The lowest BCUT2D eigenvalue weighted by atomic mass is 9.78. The number of aromatic hydroxyl groups is 1. The van der Waals surface area contributed by atoms with Crippen LogP contribution < -0.4 is 5.32 Å². The fraction of sp³-hybridized carbons (Fsp3) is 0.560. The summed E-state index contributed by atoms with van der Waals surface area (Å²) in [5.74, 6) is 0.137.